The van der Waals surface area contributed by atoms with Gasteiger partial charge in [-0.2, -0.15) is 0 Å². The van der Waals surface area contributed by atoms with Gasteiger partial charge in [0.05, 0.1) is 11.4 Å². The van der Waals surface area contributed by atoms with Crippen molar-refractivity contribution in [2.24, 2.45) is 5.92 Å². The maximum atomic E-state index is 12.0. The number of sulfonamides is 1. The second-order valence-electron chi connectivity index (χ2n) is 5.89. The molecule has 0 radical (unpaired) electrons. The van der Waals surface area contributed by atoms with E-state index in [9.17, 15) is 8.42 Å². The van der Waals surface area contributed by atoms with Gasteiger partial charge in [0.25, 0.3) is 0 Å². The third kappa shape index (κ3) is 3.82. The van der Waals surface area contributed by atoms with Crippen molar-refractivity contribution in [2.75, 3.05) is 12.3 Å². The first kappa shape index (κ1) is 15.5. The molecule has 114 valence electrons. The van der Waals surface area contributed by atoms with Crippen LogP contribution >= 0.6 is 0 Å². The molecule has 0 bridgehead atoms. The molecular formula is C14H24N2O3S. The lowest BCUT2D eigenvalue weighted by Gasteiger charge is -2.25. The molecule has 1 aliphatic rings. The van der Waals surface area contributed by atoms with E-state index in [2.05, 4.69) is 9.88 Å². The van der Waals surface area contributed by atoms with Crippen molar-refractivity contribution in [3.05, 3.63) is 17.0 Å². The predicted octanol–water partition coefficient (Wildman–Crippen LogP) is 2.50. The first-order chi connectivity index (χ1) is 9.39. The lowest BCUT2D eigenvalue weighted by molar-refractivity contribution is 0.307. The summed E-state index contributed by atoms with van der Waals surface area (Å²) in [6.45, 7) is 6.13. The molecule has 1 aromatic rings. The monoisotopic (exact) mass is 300 g/mol. The zero-order chi connectivity index (χ0) is 14.8. The highest BCUT2D eigenvalue weighted by molar-refractivity contribution is 7.89. The standard InChI is InChI=1S/C14H24N2O3S/c1-10(14-11(2)16-19-12(14)3)9-15-20(17,18)8-7-13-5-4-6-13/h10,13,15H,4-9H2,1-3H3. The third-order valence-electron chi connectivity index (χ3n) is 4.21. The smallest absolute Gasteiger partial charge is 0.211 e. The van der Waals surface area contributed by atoms with E-state index in [1.165, 1.54) is 19.3 Å². The maximum absolute atomic E-state index is 12.0. The molecule has 6 heteroatoms. The van der Waals surface area contributed by atoms with Gasteiger partial charge in [0, 0.05) is 12.1 Å². The topological polar surface area (TPSA) is 72.2 Å². The molecule has 1 aromatic heterocycles. The Morgan fingerprint density at radius 2 is 2.10 bits per heavy atom. The summed E-state index contributed by atoms with van der Waals surface area (Å²) < 4.78 is 31.8. The Labute approximate surface area is 121 Å². The van der Waals surface area contributed by atoms with Crippen LogP contribution in [0.25, 0.3) is 0 Å². The molecule has 1 fully saturated rings. The van der Waals surface area contributed by atoms with Crippen LogP contribution in [-0.2, 0) is 10.0 Å². The van der Waals surface area contributed by atoms with Gasteiger partial charge in [0.15, 0.2) is 0 Å². The normalized spacial score (nSPS) is 17.9. The molecular weight excluding hydrogens is 276 g/mol. The van der Waals surface area contributed by atoms with Gasteiger partial charge in [-0.25, -0.2) is 13.1 Å². The molecule has 0 aromatic carbocycles. The molecule has 0 amide bonds. The number of aromatic nitrogens is 1. The summed E-state index contributed by atoms with van der Waals surface area (Å²) in [5.41, 5.74) is 1.84. The lowest BCUT2D eigenvalue weighted by atomic mass is 9.84. The van der Waals surface area contributed by atoms with Crippen LogP contribution in [0, 0.1) is 19.8 Å². The number of hydrogen-bond donors (Lipinski definition) is 1. The Morgan fingerprint density at radius 1 is 1.40 bits per heavy atom. The van der Waals surface area contributed by atoms with Gasteiger partial charge >= 0.3 is 0 Å². The molecule has 2 rings (SSSR count). The molecule has 1 N–H and O–H groups in total. The van der Waals surface area contributed by atoms with E-state index in [0.717, 1.165) is 23.4 Å². The Bertz CT molecular complexity index is 527. The van der Waals surface area contributed by atoms with Crippen LogP contribution in [-0.4, -0.2) is 25.9 Å². The summed E-state index contributed by atoms with van der Waals surface area (Å²) in [7, 11) is -3.17. The van der Waals surface area contributed by atoms with Crippen molar-refractivity contribution >= 4 is 10.0 Å². The summed E-state index contributed by atoms with van der Waals surface area (Å²) in [5.74, 6) is 1.70. The van der Waals surface area contributed by atoms with Crippen molar-refractivity contribution in [3.8, 4) is 0 Å². The molecule has 0 aliphatic heterocycles. The number of hydrogen-bond acceptors (Lipinski definition) is 4. The summed E-state index contributed by atoms with van der Waals surface area (Å²) in [5, 5.41) is 3.91. The van der Waals surface area contributed by atoms with Crippen molar-refractivity contribution in [1.29, 1.82) is 0 Å². The quantitative estimate of drug-likeness (QED) is 0.839. The first-order valence-corrected chi connectivity index (χ1v) is 8.94. The summed E-state index contributed by atoms with van der Waals surface area (Å²) in [6, 6.07) is 0. The summed E-state index contributed by atoms with van der Waals surface area (Å²) in [4.78, 5) is 0. The summed E-state index contributed by atoms with van der Waals surface area (Å²) in [6.07, 6.45) is 4.41. The van der Waals surface area contributed by atoms with Crippen LogP contribution in [0.5, 0.6) is 0 Å². The van der Waals surface area contributed by atoms with Crippen molar-refractivity contribution in [1.82, 2.24) is 9.88 Å². The second kappa shape index (κ2) is 6.26. The van der Waals surface area contributed by atoms with Crippen LogP contribution in [0.15, 0.2) is 4.52 Å². The number of rotatable bonds is 7. The van der Waals surface area contributed by atoms with E-state index < -0.39 is 10.0 Å². The van der Waals surface area contributed by atoms with Gasteiger partial charge in [-0.05, 0) is 32.1 Å². The molecule has 1 atom stereocenters. The Morgan fingerprint density at radius 3 is 2.60 bits per heavy atom. The molecule has 5 nitrogen and oxygen atoms in total. The second-order valence-corrected chi connectivity index (χ2v) is 7.82. The van der Waals surface area contributed by atoms with Gasteiger partial charge in [-0.1, -0.05) is 31.3 Å². The Hall–Kier alpha value is -0.880. The number of nitrogens with zero attached hydrogens (tertiary/aromatic N) is 1. The van der Waals surface area contributed by atoms with Crippen LogP contribution in [0.2, 0.25) is 0 Å². The fraction of sp³-hybridized carbons (Fsp3) is 0.786. The molecule has 20 heavy (non-hydrogen) atoms. The molecule has 0 spiro atoms. The maximum Gasteiger partial charge on any atom is 0.211 e. The minimum absolute atomic E-state index is 0.0692. The predicted molar refractivity (Wildman–Crippen MR) is 78.1 cm³/mol. The SMILES string of the molecule is Cc1noc(C)c1C(C)CNS(=O)(=O)CCC1CCC1. The van der Waals surface area contributed by atoms with E-state index in [1.54, 1.807) is 0 Å². The van der Waals surface area contributed by atoms with E-state index in [1.807, 2.05) is 20.8 Å². The van der Waals surface area contributed by atoms with Gasteiger partial charge in [0.1, 0.15) is 5.76 Å². The van der Waals surface area contributed by atoms with E-state index in [-0.39, 0.29) is 11.7 Å². The molecule has 0 saturated heterocycles. The third-order valence-corrected chi connectivity index (χ3v) is 5.59. The van der Waals surface area contributed by atoms with Gasteiger partial charge in [-0.15, -0.1) is 0 Å². The molecule has 1 unspecified atom stereocenters. The van der Waals surface area contributed by atoms with Crippen molar-refractivity contribution in [3.63, 3.8) is 0 Å². The largest absolute Gasteiger partial charge is 0.361 e. The van der Waals surface area contributed by atoms with E-state index in [0.29, 0.717) is 12.5 Å². The zero-order valence-electron chi connectivity index (χ0n) is 12.5. The minimum Gasteiger partial charge on any atom is -0.361 e. The van der Waals surface area contributed by atoms with Crippen molar-refractivity contribution < 1.29 is 12.9 Å². The fourth-order valence-corrected chi connectivity index (χ4v) is 4.02. The van der Waals surface area contributed by atoms with Gasteiger partial charge in [0.2, 0.25) is 10.0 Å². The molecule has 1 heterocycles. The van der Waals surface area contributed by atoms with Gasteiger partial charge < -0.3 is 4.52 Å². The Balaban J connectivity index is 1.84. The number of aryl methyl sites for hydroxylation is 2. The van der Waals surface area contributed by atoms with Crippen molar-refractivity contribution in [2.45, 2.75) is 52.4 Å². The highest BCUT2D eigenvalue weighted by atomic mass is 32.2. The van der Waals surface area contributed by atoms with Crippen LogP contribution < -0.4 is 4.72 Å². The summed E-state index contributed by atoms with van der Waals surface area (Å²) >= 11 is 0. The van der Waals surface area contributed by atoms with E-state index in [4.69, 9.17) is 4.52 Å². The zero-order valence-corrected chi connectivity index (χ0v) is 13.3. The molecule has 1 aliphatic carbocycles. The van der Waals surface area contributed by atoms with Crippen LogP contribution in [0.4, 0.5) is 0 Å². The minimum atomic E-state index is -3.17. The Kier molecular flexibility index (Phi) is 4.86. The number of nitrogens with one attached hydrogen (secondary N) is 1. The molecule has 1 saturated carbocycles. The van der Waals surface area contributed by atoms with Crippen LogP contribution in [0.1, 0.15) is 55.5 Å². The van der Waals surface area contributed by atoms with E-state index >= 15 is 0 Å². The average molecular weight is 300 g/mol. The van der Waals surface area contributed by atoms with Crippen LogP contribution in [0.3, 0.4) is 0 Å². The lowest BCUT2D eigenvalue weighted by Crippen LogP contribution is -2.31. The first-order valence-electron chi connectivity index (χ1n) is 7.29. The highest BCUT2D eigenvalue weighted by Gasteiger charge is 2.22. The fourth-order valence-electron chi connectivity index (χ4n) is 2.72. The van der Waals surface area contributed by atoms with Gasteiger partial charge in [-0.3, -0.25) is 0 Å². The average Bonchev–Trinajstić information content (AvgIpc) is 2.64. The highest BCUT2D eigenvalue weighted by Crippen LogP contribution is 2.29.